The molecule has 0 bridgehead atoms. The van der Waals surface area contributed by atoms with E-state index < -0.39 is 11.7 Å². The van der Waals surface area contributed by atoms with Gasteiger partial charge in [-0.2, -0.15) is 18.3 Å². The molecule has 3 aromatic heterocycles. The predicted molar refractivity (Wildman–Crippen MR) is 109 cm³/mol. The summed E-state index contributed by atoms with van der Waals surface area (Å²) in [5, 5.41) is 4.37. The molecule has 0 unspecified atom stereocenters. The Morgan fingerprint density at radius 1 is 1.10 bits per heavy atom. The van der Waals surface area contributed by atoms with Crippen LogP contribution in [0.3, 0.4) is 0 Å². The van der Waals surface area contributed by atoms with E-state index in [2.05, 4.69) is 10.1 Å². The van der Waals surface area contributed by atoms with Gasteiger partial charge in [0, 0.05) is 24.5 Å². The minimum atomic E-state index is -4.49. The fourth-order valence-electron chi connectivity index (χ4n) is 3.41. The smallest absolute Gasteiger partial charge is 0.416 e. The molecule has 4 aromatic rings. The summed E-state index contributed by atoms with van der Waals surface area (Å²) in [4.78, 5) is 17.7. The minimum Gasteiger partial charge on any atom is -0.485 e. The lowest BCUT2D eigenvalue weighted by atomic mass is 10.1. The van der Waals surface area contributed by atoms with E-state index in [0.29, 0.717) is 17.0 Å². The van der Waals surface area contributed by atoms with E-state index in [-0.39, 0.29) is 29.1 Å². The van der Waals surface area contributed by atoms with Gasteiger partial charge in [0.1, 0.15) is 6.61 Å². The summed E-state index contributed by atoms with van der Waals surface area (Å²) >= 11 is 0. The molecule has 0 atom stereocenters. The van der Waals surface area contributed by atoms with Crippen molar-refractivity contribution in [1.29, 1.82) is 0 Å². The number of rotatable bonds is 4. The Morgan fingerprint density at radius 2 is 1.84 bits per heavy atom. The highest BCUT2D eigenvalue weighted by Crippen LogP contribution is 2.32. The average molecular weight is 428 g/mol. The quantitative estimate of drug-likeness (QED) is 0.486. The molecule has 0 saturated heterocycles. The van der Waals surface area contributed by atoms with Gasteiger partial charge in [-0.15, -0.1) is 0 Å². The van der Waals surface area contributed by atoms with E-state index in [1.165, 1.54) is 22.6 Å². The standard InChI is InChI=1S/C22H19F3N4O2/c1-13-11-17(27-28(13)3)19-14(2)26-20-18(9-6-10-29(20)21(19)30)31-12-15-7-4-5-8-16(15)22(23,24)25/h4-11H,12H2,1-3H3. The van der Waals surface area contributed by atoms with Gasteiger partial charge in [0.15, 0.2) is 11.4 Å². The number of aryl methyl sites for hydroxylation is 3. The highest BCUT2D eigenvalue weighted by atomic mass is 19.4. The summed E-state index contributed by atoms with van der Waals surface area (Å²) < 4.78 is 48.4. The van der Waals surface area contributed by atoms with Crippen molar-refractivity contribution < 1.29 is 17.9 Å². The Bertz CT molecular complexity index is 1320. The highest BCUT2D eigenvalue weighted by Gasteiger charge is 2.33. The fourth-order valence-corrected chi connectivity index (χ4v) is 3.41. The molecule has 160 valence electrons. The molecule has 6 nitrogen and oxygen atoms in total. The number of hydrogen-bond donors (Lipinski definition) is 0. The van der Waals surface area contributed by atoms with E-state index in [9.17, 15) is 18.0 Å². The fraction of sp³-hybridized carbons (Fsp3) is 0.227. The second-order valence-electron chi connectivity index (χ2n) is 7.18. The third-order valence-electron chi connectivity index (χ3n) is 5.08. The molecule has 0 fully saturated rings. The van der Waals surface area contributed by atoms with Crippen molar-refractivity contribution in [3.63, 3.8) is 0 Å². The van der Waals surface area contributed by atoms with Crippen LogP contribution in [0.4, 0.5) is 13.2 Å². The van der Waals surface area contributed by atoms with Crippen molar-refractivity contribution in [2.75, 3.05) is 0 Å². The minimum absolute atomic E-state index is 0.00310. The van der Waals surface area contributed by atoms with Crippen LogP contribution in [0.5, 0.6) is 5.75 Å². The number of hydrogen-bond acceptors (Lipinski definition) is 4. The molecule has 31 heavy (non-hydrogen) atoms. The first-order valence-electron chi connectivity index (χ1n) is 9.47. The number of fused-ring (bicyclic) bond motifs is 1. The zero-order valence-corrected chi connectivity index (χ0v) is 17.1. The average Bonchev–Trinajstić information content (AvgIpc) is 3.04. The van der Waals surface area contributed by atoms with Crippen LogP contribution in [0.15, 0.2) is 53.5 Å². The molecule has 9 heteroatoms. The third-order valence-corrected chi connectivity index (χ3v) is 5.08. The largest absolute Gasteiger partial charge is 0.485 e. The lowest BCUT2D eigenvalue weighted by Gasteiger charge is -2.15. The summed E-state index contributed by atoms with van der Waals surface area (Å²) in [6, 6.07) is 10.2. The zero-order chi connectivity index (χ0) is 22.3. The van der Waals surface area contributed by atoms with E-state index in [0.717, 1.165) is 11.8 Å². The second kappa shape index (κ2) is 7.57. The predicted octanol–water partition coefficient (Wildman–Crippen LogP) is 4.31. The first kappa shape index (κ1) is 20.6. The van der Waals surface area contributed by atoms with Crippen LogP contribution in [-0.2, 0) is 19.8 Å². The van der Waals surface area contributed by atoms with Crippen molar-refractivity contribution in [2.24, 2.45) is 7.05 Å². The number of pyridine rings is 1. The van der Waals surface area contributed by atoms with Gasteiger partial charge in [0.05, 0.1) is 22.5 Å². The molecule has 0 saturated carbocycles. The normalized spacial score (nSPS) is 11.8. The Kier molecular flexibility index (Phi) is 5.04. The lowest BCUT2D eigenvalue weighted by Crippen LogP contribution is -2.19. The topological polar surface area (TPSA) is 61.4 Å². The molecule has 0 amide bonds. The number of alkyl halides is 3. The third kappa shape index (κ3) is 3.78. The van der Waals surface area contributed by atoms with Gasteiger partial charge in [-0.05, 0) is 38.1 Å². The van der Waals surface area contributed by atoms with Crippen molar-refractivity contribution in [3.8, 4) is 17.0 Å². The Balaban J connectivity index is 1.75. The molecule has 4 rings (SSSR count). The van der Waals surface area contributed by atoms with E-state index in [4.69, 9.17) is 4.74 Å². The molecule has 0 aliphatic rings. The van der Waals surface area contributed by atoms with Crippen molar-refractivity contribution >= 4 is 5.65 Å². The van der Waals surface area contributed by atoms with Crippen LogP contribution in [0.1, 0.15) is 22.5 Å². The summed E-state index contributed by atoms with van der Waals surface area (Å²) in [5.74, 6) is 0.212. The summed E-state index contributed by atoms with van der Waals surface area (Å²) in [6.45, 7) is 3.25. The summed E-state index contributed by atoms with van der Waals surface area (Å²) in [5.41, 5.74) is 1.35. The van der Waals surface area contributed by atoms with Crippen LogP contribution < -0.4 is 10.3 Å². The molecule has 0 aliphatic carbocycles. The first-order valence-corrected chi connectivity index (χ1v) is 9.47. The van der Waals surface area contributed by atoms with Gasteiger partial charge in [-0.1, -0.05) is 18.2 Å². The molecule has 1 aromatic carbocycles. The Hall–Kier alpha value is -3.62. The maximum atomic E-state index is 13.2. The van der Waals surface area contributed by atoms with Crippen molar-refractivity contribution in [1.82, 2.24) is 19.2 Å². The zero-order valence-electron chi connectivity index (χ0n) is 17.1. The van der Waals surface area contributed by atoms with Crippen molar-refractivity contribution in [2.45, 2.75) is 26.6 Å². The highest BCUT2D eigenvalue weighted by molar-refractivity contribution is 5.65. The molecular weight excluding hydrogens is 409 g/mol. The van der Waals surface area contributed by atoms with Crippen LogP contribution in [0, 0.1) is 13.8 Å². The van der Waals surface area contributed by atoms with Crippen LogP contribution in [0.25, 0.3) is 16.9 Å². The van der Waals surface area contributed by atoms with Crippen LogP contribution in [-0.4, -0.2) is 19.2 Å². The van der Waals surface area contributed by atoms with Gasteiger partial charge in [0.2, 0.25) is 0 Å². The van der Waals surface area contributed by atoms with Gasteiger partial charge in [0.25, 0.3) is 5.56 Å². The maximum Gasteiger partial charge on any atom is 0.416 e. The monoisotopic (exact) mass is 428 g/mol. The number of benzene rings is 1. The Labute approximate surface area is 175 Å². The van der Waals surface area contributed by atoms with Crippen LogP contribution in [0.2, 0.25) is 0 Å². The SMILES string of the molecule is Cc1nc2c(OCc3ccccc3C(F)(F)F)cccn2c(=O)c1-c1cc(C)n(C)n1. The number of ether oxygens (including phenoxy) is 1. The number of aromatic nitrogens is 4. The van der Waals surface area contributed by atoms with Gasteiger partial charge in [-0.3, -0.25) is 13.9 Å². The second-order valence-corrected chi connectivity index (χ2v) is 7.18. The lowest BCUT2D eigenvalue weighted by molar-refractivity contribution is -0.138. The number of halogens is 3. The van der Waals surface area contributed by atoms with E-state index in [1.54, 1.807) is 43.0 Å². The molecule has 0 N–H and O–H groups in total. The van der Waals surface area contributed by atoms with E-state index >= 15 is 0 Å². The van der Waals surface area contributed by atoms with Gasteiger partial charge < -0.3 is 4.74 Å². The molecule has 0 spiro atoms. The molecular formula is C22H19F3N4O2. The summed E-state index contributed by atoms with van der Waals surface area (Å²) in [7, 11) is 1.78. The van der Waals surface area contributed by atoms with E-state index in [1.807, 2.05) is 6.92 Å². The molecule has 0 radical (unpaired) electrons. The van der Waals surface area contributed by atoms with Gasteiger partial charge in [-0.25, -0.2) is 4.98 Å². The molecule has 3 heterocycles. The van der Waals surface area contributed by atoms with Crippen LogP contribution >= 0.6 is 0 Å². The maximum absolute atomic E-state index is 13.2. The number of nitrogens with zero attached hydrogens (tertiary/aromatic N) is 4. The van der Waals surface area contributed by atoms with Crippen molar-refractivity contribution in [3.05, 3.63) is 81.5 Å². The molecule has 0 aliphatic heterocycles. The van der Waals surface area contributed by atoms with Gasteiger partial charge >= 0.3 is 6.18 Å². The summed E-state index contributed by atoms with van der Waals surface area (Å²) in [6.07, 6.45) is -2.94. The Morgan fingerprint density at radius 3 is 2.52 bits per heavy atom. The first-order chi connectivity index (χ1) is 14.7.